The molecule has 1 saturated carbocycles. The van der Waals surface area contributed by atoms with Crippen molar-refractivity contribution in [3.8, 4) is 0 Å². The second-order valence-corrected chi connectivity index (χ2v) is 8.35. The molecule has 1 aromatic heterocycles. The third-order valence-electron chi connectivity index (χ3n) is 6.19. The topological polar surface area (TPSA) is 62.5 Å². The number of benzene rings is 1. The fraction of sp³-hybridized carbons (Fsp3) is 0.571. The van der Waals surface area contributed by atoms with Crippen molar-refractivity contribution in [1.82, 2.24) is 19.9 Å². The van der Waals surface area contributed by atoms with Gasteiger partial charge >= 0.3 is 0 Å². The van der Waals surface area contributed by atoms with E-state index >= 15 is 0 Å². The first-order valence-corrected chi connectivity index (χ1v) is 10.3. The summed E-state index contributed by atoms with van der Waals surface area (Å²) >= 11 is 0. The number of aromatic nitrogens is 2. The van der Waals surface area contributed by atoms with Gasteiger partial charge in [0.2, 0.25) is 11.8 Å². The average molecular weight is 384 g/mol. The predicted molar refractivity (Wildman–Crippen MR) is 100.0 cm³/mol. The van der Waals surface area contributed by atoms with Crippen LogP contribution >= 0.6 is 0 Å². The molecule has 2 aromatic rings. The van der Waals surface area contributed by atoms with Crippen LogP contribution < -0.4 is 0 Å². The fourth-order valence-corrected chi connectivity index (χ4v) is 4.27. The lowest BCUT2D eigenvalue weighted by Crippen LogP contribution is -2.49. The maximum absolute atomic E-state index is 13.7. The Hall–Kier alpha value is -2.28. The van der Waals surface area contributed by atoms with Crippen LogP contribution in [0.25, 0.3) is 0 Å². The average Bonchev–Trinajstić information content (AvgIpc) is 3.13. The van der Waals surface area contributed by atoms with Crippen LogP contribution in [-0.2, 0) is 11.2 Å². The van der Waals surface area contributed by atoms with E-state index in [1.165, 1.54) is 25.3 Å². The molecule has 0 spiro atoms. The van der Waals surface area contributed by atoms with Gasteiger partial charge in [0.05, 0.1) is 18.4 Å². The van der Waals surface area contributed by atoms with Crippen LogP contribution in [0.1, 0.15) is 54.9 Å². The number of hydrogen-bond acceptors (Lipinski definition) is 5. The molecular formula is C21H25FN4O2. The molecule has 0 radical (unpaired) electrons. The minimum absolute atomic E-state index is 0.0588. The highest BCUT2D eigenvalue weighted by atomic mass is 19.1. The molecule has 1 atom stereocenters. The highest BCUT2D eigenvalue weighted by Gasteiger charge is 2.38. The van der Waals surface area contributed by atoms with Crippen LogP contribution in [0.5, 0.6) is 0 Å². The van der Waals surface area contributed by atoms with Crippen molar-refractivity contribution in [2.24, 2.45) is 5.92 Å². The first-order valence-electron chi connectivity index (χ1n) is 10.3. The molecule has 3 heterocycles. The number of amides is 1. The second-order valence-electron chi connectivity index (χ2n) is 8.35. The van der Waals surface area contributed by atoms with Crippen LogP contribution in [0, 0.1) is 11.7 Å². The smallest absolute Gasteiger partial charge is 0.244 e. The lowest BCUT2D eigenvalue weighted by atomic mass is 9.98. The van der Waals surface area contributed by atoms with E-state index < -0.39 is 0 Å². The normalized spacial score (nSPS) is 23.2. The number of nitrogens with zero attached hydrogens (tertiary/aromatic N) is 4. The zero-order chi connectivity index (χ0) is 19.1. The maximum atomic E-state index is 13.7. The molecule has 7 heteroatoms. The van der Waals surface area contributed by atoms with Gasteiger partial charge < -0.3 is 9.42 Å². The van der Waals surface area contributed by atoms with Crippen molar-refractivity contribution < 1.29 is 13.7 Å². The Balaban J connectivity index is 1.17. The van der Waals surface area contributed by atoms with Crippen molar-refractivity contribution in [3.63, 3.8) is 0 Å². The summed E-state index contributed by atoms with van der Waals surface area (Å²) in [5.41, 5.74) is 0.440. The van der Waals surface area contributed by atoms with E-state index in [0.717, 1.165) is 31.3 Å². The number of rotatable bonds is 6. The van der Waals surface area contributed by atoms with E-state index in [2.05, 4.69) is 15.0 Å². The van der Waals surface area contributed by atoms with Gasteiger partial charge in [0.25, 0.3) is 0 Å². The fourth-order valence-electron chi connectivity index (χ4n) is 4.27. The summed E-state index contributed by atoms with van der Waals surface area (Å²) in [6.45, 7) is 3.40. The molecule has 1 aliphatic carbocycles. The summed E-state index contributed by atoms with van der Waals surface area (Å²) in [5.74, 6) is 2.00. The summed E-state index contributed by atoms with van der Waals surface area (Å²) in [7, 11) is 0. The van der Waals surface area contributed by atoms with Crippen molar-refractivity contribution in [3.05, 3.63) is 47.4 Å². The second kappa shape index (κ2) is 7.28. The Kier molecular flexibility index (Phi) is 4.62. The van der Waals surface area contributed by atoms with Crippen molar-refractivity contribution >= 4 is 5.91 Å². The van der Waals surface area contributed by atoms with E-state index in [4.69, 9.17) is 4.52 Å². The van der Waals surface area contributed by atoms with Crippen LogP contribution in [0.15, 0.2) is 28.8 Å². The Morgan fingerprint density at radius 1 is 1.21 bits per heavy atom. The molecule has 1 amide bonds. The number of carbonyl (C=O) groups excluding carboxylic acids is 1. The molecule has 2 aliphatic heterocycles. The van der Waals surface area contributed by atoms with E-state index in [1.54, 1.807) is 23.1 Å². The molecule has 1 aromatic carbocycles. The predicted octanol–water partition coefficient (Wildman–Crippen LogP) is 2.92. The van der Waals surface area contributed by atoms with Gasteiger partial charge in [-0.2, -0.15) is 4.98 Å². The SMILES string of the molecule is O=C(Cc1ccccc1F)N1CC(c2noc(C3CCCN3CC3CC3)n2)C1. The van der Waals surface area contributed by atoms with Crippen LogP contribution in [0.2, 0.25) is 0 Å². The van der Waals surface area contributed by atoms with Gasteiger partial charge in [-0.1, -0.05) is 23.4 Å². The van der Waals surface area contributed by atoms with Crippen LogP contribution in [-0.4, -0.2) is 52.0 Å². The first-order chi connectivity index (χ1) is 13.7. The summed E-state index contributed by atoms with van der Waals surface area (Å²) in [6.07, 6.45) is 5.03. The Morgan fingerprint density at radius 2 is 2.04 bits per heavy atom. The summed E-state index contributed by atoms with van der Waals surface area (Å²) in [4.78, 5) is 21.3. The number of carbonyl (C=O) groups is 1. The highest BCUT2D eigenvalue weighted by molar-refractivity contribution is 5.79. The number of hydrogen-bond donors (Lipinski definition) is 0. The molecule has 0 bridgehead atoms. The van der Waals surface area contributed by atoms with Crippen LogP contribution in [0.4, 0.5) is 4.39 Å². The molecular weight excluding hydrogens is 359 g/mol. The summed E-state index contributed by atoms with van der Waals surface area (Å²) in [6, 6.07) is 6.68. The minimum atomic E-state index is -0.331. The van der Waals surface area contributed by atoms with Gasteiger partial charge in [-0.25, -0.2) is 4.39 Å². The summed E-state index contributed by atoms with van der Waals surface area (Å²) < 4.78 is 19.3. The molecule has 28 heavy (non-hydrogen) atoms. The first kappa shape index (κ1) is 17.8. The maximum Gasteiger partial charge on any atom is 0.244 e. The molecule has 148 valence electrons. The molecule has 6 nitrogen and oxygen atoms in total. The van der Waals surface area contributed by atoms with E-state index in [0.29, 0.717) is 24.5 Å². The van der Waals surface area contributed by atoms with E-state index in [9.17, 15) is 9.18 Å². The van der Waals surface area contributed by atoms with Crippen molar-refractivity contribution in [2.45, 2.75) is 44.1 Å². The van der Waals surface area contributed by atoms with E-state index in [1.807, 2.05) is 0 Å². The van der Waals surface area contributed by atoms with Gasteiger partial charge in [0.15, 0.2) is 5.82 Å². The Bertz CT molecular complexity index is 860. The van der Waals surface area contributed by atoms with Crippen molar-refractivity contribution in [1.29, 1.82) is 0 Å². The van der Waals surface area contributed by atoms with E-state index in [-0.39, 0.29) is 30.1 Å². The van der Waals surface area contributed by atoms with Gasteiger partial charge in [0.1, 0.15) is 5.82 Å². The quantitative estimate of drug-likeness (QED) is 0.766. The molecule has 0 N–H and O–H groups in total. The third-order valence-corrected chi connectivity index (χ3v) is 6.19. The Labute approximate surface area is 163 Å². The molecule has 3 fully saturated rings. The van der Waals surface area contributed by atoms with Gasteiger partial charge in [0, 0.05) is 19.6 Å². The lowest BCUT2D eigenvalue weighted by molar-refractivity contribution is -0.135. The Morgan fingerprint density at radius 3 is 2.82 bits per heavy atom. The van der Waals surface area contributed by atoms with Gasteiger partial charge in [-0.3, -0.25) is 9.69 Å². The zero-order valence-corrected chi connectivity index (χ0v) is 15.9. The standard InChI is InChI=1S/C21H25FN4O2/c22-17-5-2-1-4-15(17)10-19(27)26-12-16(13-26)20-23-21(28-24-20)18-6-3-9-25(18)11-14-7-8-14/h1-2,4-5,14,16,18H,3,6-13H2. The molecule has 3 aliphatic rings. The number of likely N-dealkylation sites (tertiary alicyclic amines) is 2. The minimum Gasteiger partial charge on any atom is -0.341 e. The highest BCUT2D eigenvalue weighted by Crippen LogP contribution is 2.37. The van der Waals surface area contributed by atoms with Crippen LogP contribution in [0.3, 0.4) is 0 Å². The lowest BCUT2D eigenvalue weighted by Gasteiger charge is -2.37. The molecule has 2 saturated heterocycles. The summed E-state index contributed by atoms with van der Waals surface area (Å²) in [5, 5.41) is 4.19. The van der Waals surface area contributed by atoms with Gasteiger partial charge in [-0.05, 0) is 49.8 Å². The number of halogens is 1. The molecule has 5 rings (SSSR count). The largest absolute Gasteiger partial charge is 0.341 e. The monoisotopic (exact) mass is 384 g/mol. The molecule has 1 unspecified atom stereocenters. The van der Waals surface area contributed by atoms with Gasteiger partial charge in [-0.15, -0.1) is 0 Å². The third kappa shape index (κ3) is 3.55. The van der Waals surface area contributed by atoms with Crippen molar-refractivity contribution in [2.75, 3.05) is 26.2 Å². The zero-order valence-electron chi connectivity index (χ0n) is 15.9.